The molecule has 0 aliphatic carbocycles. The van der Waals surface area contributed by atoms with Gasteiger partial charge in [0.25, 0.3) is 0 Å². The van der Waals surface area contributed by atoms with Gasteiger partial charge in [-0.25, -0.2) is 4.39 Å². The van der Waals surface area contributed by atoms with Crippen molar-refractivity contribution in [2.45, 2.75) is 31.8 Å². The van der Waals surface area contributed by atoms with Gasteiger partial charge in [-0.05, 0) is 6.92 Å². The minimum Gasteiger partial charge on any atom is -0.391 e. The van der Waals surface area contributed by atoms with Gasteiger partial charge in [-0.3, -0.25) is 0 Å². The van der Waals surface area contributed by atoms with E-state index in [1.807, 2.05) is 6.92 Å². The Balaban J connectivity index is 2.12. The Bertz CT molecular complexity index is 233. The molecule has 1 saturated heterocycles. The van der Waals surface area contributed by atoms with Crippen molar-refractivity contribution in [3.05, 3.63) is 0 Å². The van der Waals surface area contributed by atoms with E-state index in [0.29, 0.717) is 6.42 Å². The molecule has 1 unspecified atom stereocenters. The maximum absolute atomic E-state index is 12.4. The van der Waals surface area contributed by atoms with Crippen molar-refractivity contribution in [2.24, 2.45) is 11.1 Å². The van der Waals surface area contributed by atoms with Crippen molar-refractivity contribution in [3.8, 4) is 0 Å². The number of ether oxygens (including phenoxy) is 1. The van der Waals surface area contributed by atoms with Crippen LogP contribution in [0, 0.1) is 5.92 Å². The molecule has 1 N–H and O–H groups in total. The van der Waals surface area contributed by atoms with Gasteiger partial charge in [-0.1, -0.05) is 5.16 Å². The average Bonchev–Trinajstić information content (AvgIpc) is 2.47. The van der Waals surface area contributed by atoms with Gasteiger partial charge >= 0.3 is 0 Å². The monoisotopic (exact) mass is 189 g/mol. The SMILES string of the molecule is C[C@@H]1C[C@H]2ON=C(CF)[C@H]2C(O)O1. The molecule has 13 heavy (non-hydrogen) atoms. The molecule has 0 saturated carbocycles. The third-order valence-corrected chi connectivity index (χ3v) is 2.47. The van der Waals surface area contributed by atoms with Crippen LogP contribution in [0.4, 0.5) is 4.39 Å². The molecule has 0 bridgehead atoms. The molecule has 4 nitrogen and oxygen atoms in total. The van der Waals surface area contributed by atoms with Crippen LogP contribution in [-0.2, 0) is 9.57 Å². The lowest BCUT2D eigenvalue weighted by molar-refractivity contribution is -0.203. The van der Waals surface area contributed by atoms with Crippen LogP contribution in [0.3, 0.4) is 0 Å². The first-order valence-corrected chi connectivity index (χ1v) is 4.34. The highest BCUT2D eigenvalue weighted by Crippen LogP contribution is 2.32. The average molecular weight is 189 g/mol. The van der Waals surface area contributed by atoms with Gasteiger partial charge in [0.15, 0.2) is 6.29 Å². The number of aliphatic hydroxyl groups is 1. The van der Waals surface area contributed by atoms with Crippen LogP contribution in [0.5, 0.6) is 0 Å². The second-order valence-electron chi connectivity index (χ2n) is 3.46. The molecule has 5 heteroatoms. The summed E-state index contributed by atoms with van der Waals surface area (Å²) in [6.07, 6.45) is -0.616. The van der Waals surface area contributed by atoms with Crippen LogP contribution in [0.1, 0.15) is 13.3 Å². The highest BCUT2D eigenvalue weighted by Gasteiger charge is 2.44. The summed E-state index contributed by atoms with van der Waals surface area (Å²) in [5, 5.41) is 13.1. The van der Waals surface area contributed by atoms with Crippen molar-refractivity contribution in [1.82, 2.24) is 0 Å². The Labute approximate surface area is 75.3 Å². The standard InChI is InChI=1S/C8H12FNO3/c1-4-2-6-7(8(11)12-4)5(3-9)10-13-6/h4,6-8,11H,2-3H2,1H3/t4-,6-,7-,8?/m1/s1. The molecule has 0 aromatic heterocycles. The number of oxime groups is 1. The van der Waals surface area contributed by atoms with Crippen molar-refractivity contribution < 1.29 is 19.1 Å². The largest absolute Gasteiger partial charge is 0.391 e. The topological polar surface area (TPSA) is 51.0 Å². The van der Waals surface area contributed by atoms with Crippen LogP contribution >= 0.6 is 0 Å². The Hall–Kier alpha value is -0.680. The lowest BCUT2D eigenvalue weighted by Crippen LogP contribution is -2.45. The Morgan fingerprint density at radius 2 is 2.46 bits per heavy atom. The van der Waals surface area contributed by atoms with Crippen LogP contribution in [0.15, 0.2) is 5.16 Å². The Morgan fingerprint density at radius 1 is 1.69 bits per heavy atom. The Morgan fingerprint density at radius 3 is 3.15 bits per heavy atom. The van der Waals surface area contributed by atoms with E-state index in [0.717, 1.165) is 0 Å². The first-order chi connectivity index (χ1) is 6.22. The number of hydrogen-bond acceptors (Lipinski definition) is 4. The molecular weight excluding hydrogens is 177 g/mol. The summed E-state index contributed by atoms with van der Waals surface area (Å²) in [4.78, 5) is 5.01. The van der Waals surface area contributed by atoms with Gasteiger partial charge in [-0.2, -0.15) is 0 Å². The molecular formula is C8H12FNO3. The molecule has 4 atom stereocenters. The molecule has 1 fully saturated rings. The smallest absolute Gasteiger partial charge is 0.166 e. The number of nitrogens with zero attached hydrogens (tertiary/aromatic N) is 1. The number of alkyl halides is 1. The van der Waals surface area contributed by atoms with E-state index in [4.69, 9.17) is 9.57 Å². The zero-order valence-corrected chi connectivity index (χ0v) is 7.31. The van der Waals surface area contributed by atoms with Gasteiger partial charge in [0.2, 0.25) is 0 Å². The summed E-state index contributed by atoms with van der Waals surface area (Å²) >= 11 is 0. The van der Waals surface area contributed by atoms with E-state index in [1.165, 1.54) is 0 Å². The van der Waals surface area contributed by atoms with Gasteiger partial charge in [0.05, 0.1) is 12.0 Å². The van der Waals surface area contributed by atoms with Gasteiger partial charge in [0.1, 0.15) is 18.5 Å². The van der Waals surface area contributed by atoms with E-state index < -0.39 is 18.9 Å². The van der Waals surface area contributed by atoms with Gasteiger partial charge in [-0.15, -0.1) is 0 Å². The zero-order chi connectivity index (χ0) is 9.42. The molecule has 0 aromatic carbocycles. The van der Waals surface area contributed by atoms with Crippen LogP contribution in [-0.4, -0.2) is 36.0 Å². The van der Waals surface area contributed by atoms with Crippen molar-refractivity contribution >= 4 is 5.71 Å². The molecule has 2 aliphatic rings. The number of halogens is 1. The fourth-order valence-electron chi connectivity index (χ4n) is 1.83. The quantitative estimate of drug-likeness (QED) is 0.651. The van der Waals surface area contributed by atoms with Crippen molar-refractivity contribution in [1.29, 1.82) is 0 Å². The summed E-state index contributed by atoms with van der Waals surface area (Å²) < 4.78 is 17.5. The number of aliphatic hydroxyl groups excluding tert-OH is 1. The molecule has 74 valence electrons. The van der Waals surface area contributed by atoms with E-state index in [9.17, 15) is 9.50 Å². The third kappa shape index (κ3) is 1.42. The molecule has 0 spiro atoms. The van der Waals surface area contributed by atoms with Crippen molar-refractivity contribution in [3.63, 3.8) is 0 Å². The molecule has 0 aromatic rings. The second kappa shape index (κ2) is 3.23. The lowest BCUT2D eigenvalue weighted by Gasteiger charge is -2.32. The highest BCUT2D eigenvalue weighted by atomic mass is 19.1. The molecule has 2 heterocycles. The van der Waals surface area contributed by atoms with E-state index >= 15 is 0 Å². The fraction of sp³-hybridized carbons (Fsp3) is 0.875. The van der Waals surface area contributed by atoms with Gasteiger partial charge in [0, 0.05) is 6.42 Å². The maximum atomic E-state index is 12.4. The summed E-state index contributed by atoms with van der Waals surface area (Å²) in [5.74, 6) is -0.416. The Kier molecular flexibility index (Phi) is 2.21. The van der Waals surface area contributed by atoms with Crippen molar-refractivity contribution in [2.75, 3.05) is 6.67 Å². The number of rotatable bonds is 1. The minimum absolute atomic E-state index is 0.0644. The first-order valence-electron chi connectivity index (χ1n) is 4.34. The van der Waals surface area contributed by atoms with Gasteiger partial charge < -0.3 is 14.7 Å². The summed E-state index contributed by atoms with van der Waals surface area (Å²) in [6.45, 7) is 1.16. The summed E-state index contributed by atoms with van der Waals surface area (Å²) in [5.41, 5.74) is 0.254. The summed E-state index contributed by atoms with van der Waals surface area (Å²) in [6, 6.07) is 0. The van der Waals surface area contributed by atoms with Crippen LogP contribution < -0.4 is 0 Å². The molecule has 2 rings (SSSR count). The summed E-state index contributed by atoms with van der Waals surface area (Å²) in [7, 11) is 0. The maximum Gasteiger partial charge on any atom is 0.166 e. The first kappa shape index (κ1) is 8.90. The fourth-order valence-corrected chi connectivity index (χ4v) is 1.83. The third-order valence-electron chi connectivity index (χ3n) is 2.47. The molecule has 0 radical (unpaired) electrons. The minimum atomic E-state index is -0.981. The van der Waals surface area contributed by atoms with E-state index in [2.05, 4.69) is 5.16 Å². The molecule has 0 amide bonds. The zero-order valence-electron chi connectivity index (χ0n) is 7.31. The molecule has 2 aliphatic heterocycles. The van der Waals surface area contributed by atoms with Crippen LogP contribution in [0.25, 0.3) is 0 Å². The number of hydrogen-bond donors (Lipinski definition) is 1. The van der Waals surface area contributed by atoms with Crippen LogP contribution in [0.2, 0.25) is 0 Å². The van der Waals surface area contributed by atoms with E-state index in [-0.39, 0.29) is 17.9 Å². The normalized spacial score (nSPS) is 43.8. The predicted molar refractivity (Wildman–Crippen MR) is 42.9 cm³/mol. The van der Waals surface area contributed by atoms with E-state index in [1.54, 1.807) is 0 Å². The second-order valence-corrected chi connectivity index (χ2v) is 3.46. The highest BCUT2D eigenvalue weighted by molar-refractivity contribution is 5.89. The number of fused-ring (bicyclic) bond motifs is 1. The predicted octanol–water partition coefficient (Wildman–Crippen LogP) is 0.454. The lowest BCUT2D eigenvalue weighted by atomic mass is 9.91.